The van der Waals surface area contributed by atoms with Crippen molar-refractivity contribution in [3.63, 3.8) is 0 Å². The quantitative estimate of drug-likeness (QED) is 0.135. The summed E-state index contributed by atoms with van der Waals surface area (Å²) in [5.41, 5.74) is 0. The standard InChI is InChI=1S/C63H111N11O12/c1-26-27-28-41(16)53(76)52-57(80)67-49(38(10)11)61(84)68(19)33-48(75)69(20)44(29-34(2)3)56(79)66-50(39(12)13)62(85)70(21)45(30-35(4)5)55(78)64-42(17)54(77)65-43(18)58(81)71(22)46(31-36(6)7)59(82)72(23)47(32-37(8)9)60(83)73(24)51(40(14)15)63(86)74(52)25/h26-27,34-47,49-52H,28-33H2,1-25H3,(H,64,78)(H,65,77)(H,66,79)(H,67,80)/b27-26+/t41-,42+,43-,44+,45+,46+,47+,49+,50?,51?,52+/m1/s1. The number of hydrogen-bond acceptors (Lipinski definition) is 12. The normalized spacial score (nSPS) is 26.4. The van der Waals surface area contributed by atoms with E-state index in [1.54, 1.807) is 67.5 Å². The molecule has 0 bridgehead atoms. The molecule has 23 nitrogen and oxygen atoms in total. The Kier molecular flexibility index (Phi) is 31.4. The highest BCUT2D eigenvalue weighted by molar-refractivity contribution is 6.10. The van der Waals surface area contributed by atoms with Crippen LogP contribution in [0.3, 0.4) is 0 Å². The first kappa shape index (κ1) is 77.6. The fourth-order valence-electron chi connectivity index (χ4n) is 10.7. The van der Waals surface area contributed by atoms with Crippen molar-refractivity contribution in [3.8, 4) is 0 Å². The number of ketones is 1. The fraction of sp³-hybridized carbons (Fsp3) is 0.778. The average molecular weight is 1210 g/mol. The minimum Gasteiger partial charge on any atom is -0.343 e. The van der Waals surface area contributed by atoms with Crippen molar-refractivity contribution in [2.24, 2.45) is 47.3 Å². The molecule has 11 atom stereocenters. The molecule has 2 unspecified atom stereocenters. The highest BCUT2D eigenvalue weighted by Gasteiger charge is 2.46. The largest absolute Gasteiger partial charge is 0.343 e. The van der Waals surface area contributed by atoms with Gasteiger partial charge < -0.3 is 55.6 Å². The van der Waals surface area contributed by atoms with E-state index in [-0.39, 0.29) is 55.8 Å². The molecule has 1 rings (SSSR count). The van der Waals surface area contributed by atoms with Gasteiger partial charge in [0.25, 0.3) is 5.91 Å². The first-order valence-corrected chi connectivity index (χ1v) is 30.8. The Balaban J connectivity index is 4.37. The molecule has 0 saturated carbocycles. The molecule has 490 valence electrons. The van der Waals surface area contributed by atoms with Gasteiger partial charge in [-0.1, -0.05) is 116 Å². The van der Waals surface area contributed by atoms with Crippen LogP contribution >= 0.6 is 0 Å². The zero-order valence-corrected chi connectivity index (χ0v) is 56.8. The van der Waals surface area contributed by atoms with Gasteiger partial charge in [0.1, 0.15) is 54.4 Å². The van der Waals surface area contributed by atoms with Crippen LogP contribution in [0.5, 0.6) is 0 Å². The monoisotopic (exact) mass is 1210 g/mol. The van der Waals surface area contributed by atoms with Gasteiger partial charge >= 0.3 is 0 Å². The second-order valence-corrected chi connectivity index (χ2v) is 26.6. The molecule has 86 heavy (non-hydrogen) atoms. The van der Waals surface area contributed by atoms with Crippen LogP contribution in [0, 0.1) is 47.3 Å². The van der Waals surface area contributed by atoms with Crippen molar-refractivity contribution < 1.29 is 57.5 Å². The van der Waals surface area contributed by atoms with Crippen molar-refractivity contribution >= 4 is 70.8 Å². The molecule has 0 radical (unpaired) electrons. The van der Waals surface area contributed by atoms with Crippen molar-refractivity contribution in [1.82, 2.24) is 55.6 Å². The first-order chi connectivity index (χ1) is 39.6. The summed E-state index contributed by atoms with van der Waals surface area (Å²) in [4.78, 5) is 183. The highest BCUT2D eigenvalue weighted by atomic mass is 16.2. The number of amides is 11. The molecule has 1 fully saturated rings. The number of Topliss-reactive ketones (excluding diaryl/α,β-unsaturated/α-hetero) is 1. The molecule has 0 aromatic rings. The number of hydrogen-bond donors (Lipinski definition) is 4. The second-order valence-electron chi connectivity index (χ2n) is 26.6. The minimum absolute atomic E-state index is 0.128. The van der Waals surface area contributed by atoms with Crippen molar-refractivity contribution in [2.45, 2.75) is 217 Å². The van der Waals surface area contributed by atoms with Crippen molar-refractivity contribution in [1.29, 1.82) is 0 Å². The van der Waals surface area contributed by atoms with Crippen molar-refractivity contribution in [2.75, 3.05) is 55.9 Å². The Bertz CT molecular complexity index is 2410. The van der Waals surface area contributed by atoms with E-state index >= 15 is 9.59 Å². The summed E-state index contributed by atoms with van der Waals surface area (Å²) >= 11 is 0. The molecule has 23 heteroatoms. The Hall–Kier alpha value is -6.42. The summed E-state index contributed by atoms with van der Waals surface area (Å²) in [5, 5.41) is 11.0. The lowest BCUT2D eigenvalue weighted by Crippen LogP contribution is -2.63. The third kappa shape index (κ3) is 21.5. The molecule has 1 aliphatic rings. The van der Waals surface area contributed by atoms with E-state index in [1.165, 1.54) is 87.7 Å². The van der Waals surface area contributed by atoms with Crippen LogP contribution in [-0.4, -0.2) is 221 Å². The third-order valence-corrected chi connectivity index (χ3v) is 16.1. The number of allylic oxidation sites excluding steroid dienone is 2. The summed E-state index contributed by atoms with van der Waals surface area (Å²) in [6.07, 6.45) is 4.28. The Morgan fingerprint density at radius 1 is 0.430 bits per heavy atom. The predicted molar refractivity (Wildman–Crippen MR) is 332 cm³/mol. The number of carbonyl (C=O) groups excluding carboxylic acids is 12. The van der Waals surface area contributed by atoms with E-state index < -0.39 is 161 Å². The number of nitrogens with one attached hydrogen (secondary N) is 4. The summed E-state index contributed by atoms with van der Waals surface area (Å²) < 4.78 is 0. The maximum atomic E-state index is 15.2. The minimum atomic E-state index is -1.82. The van der Waals surface area contributed by atoms with E-state index in [9.17, 15) is 47.9 Å². The number of carbonyl (C=O) groups is 12. The van der Waals surface area contributed by atoms with E-state index in [4.69, 9.17) is 0 Å². The van der Waals surface area contributed by atoms with Gasteiger partial charge in [0.05, 0.1) is 6.54 Å². The number of likely N-dealkylation sites (N-methyl/N-ethyl adjacent to an activating group) is 7. The summed E-state index contributed by atoms with van der Waals surface area (Å²) in [6, 6.07) is -12.7. The molecule has 0 aromatic carbocycles. The second kappa shape index (κ2) is 34.8. The zero-order valence-electron chi connectivity index (χ0n) is 56.8. The third-order valence-electron chi connectivity index (χ3n) is 16.1. The smallest absolute Gasteiger partial charge is 0.251 e. The van der Waals surface area contributed by atoms with Crippen LogP contribution in [0.4, 0.5) is 0 Å². The highest BCUT2D eigenvalue weighted by Crippen LogP contribution is 2.25. The lowest BCUT2D eigenvalue weighted by molar-refractivity contribution is -0.157. The Morgan fingerprint density at radius 3 is 1.26 bits per heavy atom. The van der Waals surface area contributed by atoms with Gasteiger partial charge in [-0.25, -0.2) is 0 Å². The molecule has 1 saturated heterocycles. The van der Waals surface area contributed by atoms with E-state index in [1.807, 2.05) is 55.4 Å². The van der Waals surface area contributed by atoms with Gasteiger partial charge in [-0.3, -0.25) is 57.5 Å². The topological polar surface area (TPSA) is 276 Å². The molecule has 0 aromatic heterocycles. The summed E-state index contributed by atoms with van der Waals surface area (Å²) in [5.74, 6) is -11.6. The SMILES string of the molecule is C/C=C/C[C@@H](C)C(=O)[C@H]1C(=O)N[C@@H](C(C)C)C(=O)N(C)CC(=O)N(C)[C@@H](CC(C)C)C(=O)NC(C(C)C)C(=O)N(C)[C@@H](CC(C)C)C(=O)N[C@@H](C)C(=O)N[C@H](C)C(=O)N(C)[C@@H](CC(C)C)C(=O)N(C)[C@@H](CC(C)C)C(=O)N(C)C(C(C)C)C(=O)N1C. The van der Waals surface area contributed by atoms with Crippen LogP contribution in [0.1, 0.15) is 157 Å². The van der Waals surface area contributed by atoms with Gasteiger partial charge in [-0.05, 0) is 94.3 Å². The molecule has 0 aliphatic carbocycles. The molecular formula is C63H111N11O12. The zero-order chi connectivity index (χ0) is 66.8. The Morgan fingerprint density at radius 2 is 0.814 bits per heavy atom. The predicted octanol–water partition coefficient (Wildman–Crippen LogP) is 3.72. The van der Waals surface area contributed by atoms with Gasteiger partial charge in [-0.15, -0.1) is 0 Å². The van der Waals surface area contributed by atoms with Crippen molar-refractivity contribution in [3.05, 3.63) is 12.2 Å². The fourth-order valence-corrected chi connectivity index (χ4v) is 10.7. The molecular weight excluding hydrogens is 1100 g/mol. The van der Waals surface area contributed by atoms with Crippen LogP contribution in [0.15, 0.2) is 12.2 Å². The van der Waals surface area contributed by atoms with E-state index in [0.29, 0.717) is 0 Å². The number of rotatable bonds is 15. The van der Waals surface area contributed by atoms with Gasteiger partial charge in [0.15, 0.2) is 11.8 Å². The first-order valence-electron chi connectivity index (χ1n) is 30.8. The summed E-state index contributed by atoms with van der Waals surface area (Å²) in [7, 11) is 9.80. The van der Waals surface area contributed by atoms with E-state index in [0.717, 1.165) is 9.80 Å². The van der Waals surface area contributed by atoms with Gasteiger partial charge in [0.2, 0.25) is 59.1 Å². The van der Waals surface area contributed by atoms with Crippen LogP contribution in [0.2, 0.25) is 0 Å². The molecule has 0 spiro atoms. The van der Waals surface area contributed by atoms with Crippen LogP contribution in [-0.2, 0) is 57.5 Å². The molecule has 11 amide bonds. The summed E-state index contributed by atoms with van der Waals surface area (Å²) in [6.45, 7) is 30.8. The molecule has 4 N–H and O–H groups in total. The number of nitrogens with zero attached hydrogens (tertiary/aromatic N) is 7. The van der Waals surface area contributed by atoms with Gasteiger partial charge in [0, 0.05) is 55.3 Å². The lowest BCUT2D eigenvalue weighted by atomic mass is 9.92. The maximum absolute atomic E-state index is 15.2. The lowest BCUT2D eigenvalue weighted by Gasteiger charge is -2.41. The van der Waals surface area contributed by atoms with E-state index in [2.05, 4.69) is 21.3 Å². The molecule has 1 aliphatic heterocycles. The van der Waals surface area contributed by atoms with Crippen LogP contribution in [0.25, 0.3) is 0 Å². The Labute approximate surface area is 514 Å². The van der Waals surface area contributed by atoms with Gasteiger partial charge in [-0.2, -0.15) is 0 Å². The van der Waals surface area contributed by atoms with Crippen LogP contribution < -0.4 is 21.3 Å². The molecule has 1 heterocycles. The maximum Gasteiger partial charge on any atom is 0.251 e. The average Bonchev–Trinajstić information content (AvgIpc) is 2.16.